The van der Waals surface area contributed by atoms with Crippen LogP contribution in [0.5, 0.6) is 0 Å². The molecule has 0 saturated heterocycles. The number of hydrogen-bond acceptors (Lipinski definition) is 2. The van der Waals surface area contributed by atoms with E-state index in [9.17, 15) is 0 Å². The summed E-state index contributed by atoms with van der Waals surface area (Å²) >= 11 is 0. The molecule has 0 spiro atoms. The first kappa shape index (κ1) is 40.8. The monoisotopic (exact) mass is 779 g/mol. The van der Waals surface area contributed by atoms with Crippen LogP contribution in [-0.4, -0.2) is 4.57 Å². The number of para-hydroxylation sites is 3. The molecule has 0 aliphatic carbocycles. The molecule has 0 unspecified atom stereocenters. The second kappa shape index (κ2) is 19.9. The summed E-state index contributed by atoms with van der Waals surface area (Å²) in [5.41, 5.74) is 21.0. The van der Waals surface area contributed by atoms with E-state index < -0.39 is 0 Å². The lowest BCUT2D eigenvalue weighted by Crippen LogP contribution is -2.01. The Balaban J connectivity index is 0.000000537. The molecule has 60 heavy (non-hydrogen) atoms. The number of benzene rings is 7. The van der Waals surface area contributed by atoms with E-state index in [-0.39, 0.29) is 0 Å². The van der Waals surface area contributed by atoms with Crippen LogP contribution in [0.3, 0.4) is 0 Å². The predicted molar refractivity (Wildman–Crippen MR) is 262 cm³/mol. The van der Waals surface area contributed by atoms with Crippen molar-refractivity contribution in [3.8, 4) is 16.8 Å². The first-order valence-electron chi connectivity index (χ1n) is 20.8. The molecule has 3 nitrogen and oxygen atoms in total. The van der Waals surface area contributed by atoms with Crippen LogP contribution in [-0.2, 0) is 6.42 Å². The third-order valence-electron chi connectivity index (χ3n) is 10.6. The van der Waals surface area contributed by atoms with Crippen LogP contribution in [0.15, 0.2) is 219 Å². The molecule has 0 atom stereocenters. The first-order valence-corrected chi connectivity index (χ1v) is 20.8. The van der Waals surface area contributed by atoms with E-state index in [1.807, 2.05) is 55.5 Å². The van der Waals surface area contributed by atoms with Gasteiger partial charge >= 0.3 is 0 Å². The standard InChI is InChI=1S/C49H44N2.C8H9N/c1-4-6-8-19-36(3)44-24-11-14-27-47(44)50-42-33-41(34-43(35-42)51-48-28-15-12-25-45(48)46-26-13-16-29-49(46)51)38(18-5-2)31-30-37-20-17-23-40(32-37)39-21-9-7-10-22-39;1-7(9)8-5-3-2-4-6-8/h4,6-17,19-29,31-35,50H,3,5,18,30H2,1-2H3;2-6H,1,9H2/b6-4-,19-8-,38-31+;. The van der Waals surface area contributed by atoms with E-state index >= 15 is 0 Å². The zero-order chi connectivity index (χ0) is 41.7. The smallest absolute Gasteiger partial charge is 0.0541 e. The van der Waals surface area contributed by atoms with Crippen LogP contribution < -0.4 is 11.1 Å². The fourth-order valence-electron chi connectivity index (χ4n) is 7.63. The molecular weight excluding hydrogens is 727 g/mol. The molecule has 1 heterocycles. The van der Waals surface area contributed by atoms with Gasteiger partial charge in [0.1, 0.15) is 0 Å². The number of nitrogens with two attached hydrogens (primary N) is 1. The van der Waals surface area contributed by atoms with Gasteiger partial charge < -0.3 is 15.6 Å². The maximum atomic E-state index is 5.42. The topological polar surface area (TPSA) is 43.0 Å². The van der Waals surface area contributed by atoms with Crippen molar-refractivity contribution in [2.75, 3.05) is 5.32 Å². The quantitative estimate of drug-likeness (QED) is 0.114. The summed E-state index contributed by atoms with van der Waals surface area (Å²) < 4.78 is 2.41. The van der Waals surface area contributed by atoms with Crippen molar-refractivity contribution < 1.29 is 0 Å². The van der Waals surface area contributed by atoms with E-state index in [1.54, 1.807) is 0 Å². The summed E-state index contributed by atoms with van der Waals surface area (Å²) in [5.74, 6) is 0. The van der Waals surface area contributed by atoms with Gasteiger partial charge in [-0.2, -0.15) is 0 Å². The lowest BCUT2D eigenvalue weighted by Gasteiger charge is -2.18. The summed E-state index contributed by atoms with van der Waals surface area (Å²) in [6.07, 6.45) is 13.5. The van der Waals surface area contributed by atoms with Gasteiger partial charge in [-0.1, -0.05) is 196 Å². The predicted octanol–water partition coefficient (Wildman–Crippen LogP) is 15.4. The van der Waals surface area contributed by atoms with E-state index in [1.165, 1.54) is 49.6 Å². The van der Waals surface area contributed by atoms with Crippen molar-refractivity contribution in [3.63, 3.8) is 0 Å². The molecule has 0 bridgehead atoms. The molecule has 1 aromatic heterocycles. The largest absolute Gasteiger partial charge is 0.399 e. The molecule has 0 fully saturated rings. The molecule has 0 amide bonds. The Hall–Kier alpha value is -7.36. The van der Waals surface area contributed by atoms with Crippen LogP contribution in [0.2, 0.25) is 0 Å². The highest BCUT2D eigenvalue weighted by atomic mass is 15.0. The van der Waals surface area contributed by atoms with Crippen LogP contribution in [0.25, 0.3) is 55.5 Å². The van der Waals surface area contributed by atoms with Gasteiger partial charge in [-0.3, -0.25) is 0 Å². The average Bonchev–Trinajstić information content (AvgIpc) is 3.63. The average molecular weight is 780 g/mol. The number of allylic oxidation sites excluding steroid dienone is 7. The molecule has 8 aromatic rings. The van der Waals surface area contributed by atoms with Gasteiger partial charge in [0.15, 0.2) is 0 Å². The Morgan fingerprint density at radius 3 is 1.93 bits per heavy atom. The lowest BCUT2D eigenvalue weighted by molar-refractivity contribution is 0.968. The Bertz CT molecular complexity index is 2760. The van der Waals surface area contributed by atoms with Crippen molar-refractivity contribution in [2.24, 2.45) is 5.73 Å². The van der Waals surface area contributed by atoms with Gasteiger partial charge in [0.05, 0.1) is 11.0 Å². The third kappa shape index (κ3) is 9.83. The Morgan fingerprint density at radius 1 is 0.633 bits per heavy atom. The summed E-state index contributed by atoms with van der Waals surface area (Å²) in [6.45, 7) is 12.3. The molecule has 0 aliphatic heterocycles. The Kier molecular flexibility index (Phi) is 13.5. The number of fused-ring (bicyclic) bond motifs is 3. The first-order chi connectivity index (χ1) is 29.4. The molecule has 0 radical (unpaired) electrons. The minimum Gasteiger partial charge on any atom is -0.399 e. The normalized spacial score (nSPS) is 11.5. The van der Waals surface area contributed by atoms with Gasteiger partial charge in [-0.05, 0) is 95.1 Å². The van der Waals surface area contributed by atoms with Gasteiger partial charge in [0, 0.05) is 39.1 Å². The van der Waals surface area contributed by atoms with Crippen molar-refractivity contribution in [1.82, 2.24) is 4.57 Å². The number of anilines is 2. The number of nitrogens with one attached hydrogen (secondary N) is 1. The zero-order valence-corrected chi connectivity index (χ0v) is 34.7. The zero-order valence-electron chi connectivity index (χ0n) is 34.7. The van der Waals surface area contributed by atoms with E-state index in [2.05, 4.69) is 188 Å². The minimum absolute atomic E-state index is 0.621. The fourth-order valence-corrected chi connectivity index (χ4v) is 7.63. The number of nitrogens with zero attached hydrogens (tertiary/aromatic N) is 1. The summed E-state index contributed by atoms with van der Waals surface area (Å²) in [6, 6.07) is 62.1. The van der Waals surface area contributed by atoms with Crippen LogP contribution in [0.4, 0.5) is 11.4 Å². The van der Waals surface area contributed by atoms with Gasteiger partial charge in [-0.15, -0.1) is 0 Å². The second-order valence-corrected chi connectivity index (χ2v) is 14.9. The second-order valence-electron chi connectivity index (χ2n) is 14.9. The molecular formula is C57H53N3. The van der Waals surface area contributed by atoms with Crippen molar-refractivity contribution >= 4 is 50.0 Å². The number of aromatic nitrogens is 1. The molecule has 3 N–H and O–H groups in total. The molecule has 296 valence electrons. The fraction of sp³-hybridized carbons (Fsp3) is 0.0877. The Labute approximate surface area is 355 Å². The number of rotatable bonds is 13. The van der Waals surface area contributed by atoms with E-state index in [0.29, 0.717) is 5.70 Å². The molecule has 8 rings (SSSR count). The molecule has 0 saturated carbocycles. The van der Waals surface area contributed by atoms with E-state index in [4.69, 9.17) is 5.73 Å². The van der Waals surface area contributed by atoms with Crippen LogP contribution >= 0.6 is 0 Å². The highest BCUT2D eigenvalue weighted by molar-refractivity contribution is 6.09. The molecule has 7 aromatic carbocycles. The lowest BCUT2D eigenvalue weighted by atomic mass is 9.96. The highest BCUT2D eigenvalue weighted by Gasteiger charge is 2.15. The molecule has 3 heteroatoms. The summed E-state index contributed by atoms with van der Waals surface area (Å²) in [5, 5.41) is 6.34. The van der Waals surface area contributed by atoms with E-state index in [0.717, 1.165) is 53.0 Å². The van der Waals surface area contributed by atoms with Crippen molar-refractivity contribution in [1.29, 1.82) is 0 Å². The maximum absolute atomic E-state index is 5.42. The van der Waals surface area contributed by atoms with Gasteiger partial charge in [0.25, 0.3) is 0 Å². The third-order valence-corrected chi connectivity index (χ3v) is 10.6. The number of hydrogen-bond donors (Lipinski definition) is 2. The van der Waals surface area contributed by atoms with Crippen LogP contribution in [0.1, 0.15) is 48.9 Å². The SMILES string of the molecule is C=C(/C=C\C=C/C)c1ccccc1Nc1cc(/C(=C/Cc2cccc(-c3ccccc3)c2)CCC)cc(-n2c3ccccc3c3ccccc32)c1.C=C(N)c1ccccc1. The van der Waals surface area contributed by atoms with Gasteiger partial charge in [0.2, 0.25) is 0 Å². The van der Waals surface area contributed by atoms with Crippen molar-refractivity contribution in [2.45, 2.75) is 33.1 Å². The highest BCUT2D eigenvalue weighted by Crippen LogP contribution is 2.36. The van der Waals surface area contributed by atoms with Crippen LogP contribution in [0, 0.1) is 0 Å². The maximum Gasteiger partial charge on any atom is 0.0541 e. The summed E-state index contributed by atoms with van der Waals surface area (Å²) in [7, 11) is 0. The summed E-state index contributed by atoms with van der Waals surface area (Å²) in [4.78, 5) is 0. The Morgan fingerprint density at radius 2 is 1.27 bits per heavy atom. The molecule has 0 aliphatic rings. The minimum atomic E-state index is 0.621. The van der Waals surface area contributed by atoms with Crippen molar-refractivity contribution in [3.05, 3.63) is 242 Å². The van der Waals surface area contributed by atoms with Gasteiger partial charge in [-0.25, -0.2) is 0 Å².